The van der Waals surface area contributed by atoms with Crippen molar-refractivity contribution in [1.29, 1.82) is 0 Å². The predicted molar refractivity (Wildman–Crippen MR) is 106 cm³/mol. The monoisotopic (exact) mass is 460 g/mol. The molecule has 0 bridgehead atoms. The number of ether oxygens (including phenoxy) is 1. The zero-order valence-corrected chi connectivity index (χ0v) is 16.7. The van der Waals surface area contributed by atoms with Crippen LogP contribution < -0.4 is 15.4 Å². The minimum absolute atomic E-state index is 0.0788. The molecule has 0 saturated heterocycles. The maximum atomic E-state index is 13.0. The molecule has 130 valence electrons. The minimum atomic E-state index is -0.594. The molecule has 0 heterocycles. The molecule has 9 heteroatoms. The van der Waals surface area contributed by atoms with E-state index in [1.807, 2.05) is 0 Å². The average molecular weight is 462 g/mol. The largest absolute Gasteiger partial charge is 0.426 e. The maximum Gasteiger partial charge on any atom is 0.308 e. The van der Waals surface area contributed by atoms with Gasteiger partial charge in [0.25, 0.3) is 5.91 Å². The van der Waals surface area contributed by atoms with Crippen LogP contribution in [-0.2, 0) is 4.79 Å². The zero-order valence-electron chi connectivity index (χ0n) is 12.8. The summed E-state index contributed by atoms with van der Waals surface area (Å²) in [5.41, 5.74) is 6.11. The maximum absolute atomic E-state index is 13.0. The van der Waals surface area contributed by atoms with Crippen LogP contribution in [0.25, 0.3) is 0 Å². The number of esters is 1. The summed E-state index contributed by atoms with van der Waals surface area (Å²) in [6.07, 6.45) is 0. The third kappa shape index (κ3) is 4.92. The molecule has 0 fully saturated rings. The molecule has 0 aromatic heterocycles. The van der Waals surface area contributed by atoms with Crippen LogP contribution in [0, 0.1) is 0 Å². The van der Waals surface area contributed by atoms with E-state index in [1.54, 1.807) is 6.07 Å². The van der Waals surface area contributed by atoms with Crippen molar-refractivity contribution in [3.8, 4) is 5.75 Å². The lowest BCUT2D eigenvalue weighted by Gasteiger charge is -2.22. The van der Waals surface area contributed by atoms with Gasteiger partial charge < -0.3 is 10.5 Å². The van der Waals surface area contributed by atoms with Crippen LogP contribution in [0.5, 0.6) is 5.75 Å². The second-order valence-electron chi connectivity index (χ2n) is 4.84. The Morgan fingerprint density at radius 1 is 1.16 bits per heavy atom. The molecule has 25 heavy (non-hydrogen) atoms. The molecule has 0 spiro atoms. The van der Waals surface area contributed by atoms with Gasteiger partial charge in [-0.25, -0.2) is 0 Å². The molecular weight excluding hydrogens is 451 g/mol. The number of carbonyl (C=O) groups excluding carboxylic acids is 2. The number of halogens is 3. The highest BCUT2D eigenvalue weighted by Gasteiger charge is 2.25. The zero-order chi connectivity index (χ0) is 18.7. The molecule has 0 aliphatic rings. The lowest BCUT2D eigenvalue weighted by Crippen LogP contribution is -2.41. The third-order valence-electron chi connectivity index (χ3n) is 2.95. The van der Waals surface area contributed by atoms with E-state index in [2.05, 4.69) is 15.9 Å². The highest BCUT2D eigenvalue weighted by molar-refractivity contribution is 9.10. The number of thiocarbonyl (C=S) groups is 1. The highest BCUT2D eigenvalue weighted by atomic mass is 79.9. The van der Waals surface area contributed by atoms with Crippen molar-refractivity contribution in [2.75, 3.05) is 4.90 Å². The Balaban J connectivity index is 2.57. The van der Waals surface area contributed by atoms with Crippen molar-refractivity contribution in [3.63, 3.8) is 0 Å². The van der Waals surface area contributed by atoms with Crippen molar-refractivity contribution in [2.45, 2.75) is 6.92 Å². The van der Waals surface area contributed by atoms with Crippen LogP contribution in [0.15, 0.2) is 40.9 Å². The predicted octanol–water partition coefficient (Wildman–Crippen LogP) is 4.57. The summed E-state index contributed by atoms with van der Waals surface area (Å²) in [7, 11) is 0. The van der Waals surface area contributed by atoms with E-state index in [-0.39, 0.29) is 16.4 Å². The lowest BCUT2D eigenvalue weighted by atomic mass is 10.1. The Hall–Kier alpha value is -1.67. The molecular formula is C16H11BrCl2N2O3S. The fourth-order valence-corrected chi connectivity index (χ4v) is 3.11. The van der Waals surface area contributed by atoms with Crippen molar-refractivity contribution in [3.05, 3.63) is 56.5 Å². The van der Waals surface area contributed by atoms with Crippen LogP contribution in [0.4, 0.5) is 5.69 Å². The van der Waals surface area contributed by atoms with E-state index in [0.717, 1.165) is 4.90 Å². The second kappa shape index (κ2) is 8.14. The van der Waals surface area contributed by atoms with Crippen LogP contribution >= 0.6 is 51.3 Å². The summed E-state index contributed by atoms with van der Waals surface area (Å²) in [6.45, 7) is 1.23. The van der Waals surface area contributed by atoms with E-state index in [1.165, 1.54) is 37.3 Å². The van der Waals surface area contributed by atoms with E-state index in [9.17, 15) is 9.59 Å². The van der Waals surface area contributed by atoms with Gasteiger partial charge in [0.15, 0.2) is 5.11 Å². The number of hydrogen-bond acceptors (Lipinski definition) is 4. The van der Waals surface area contributed by atoms with Crippen LogP contribution in [0.2, 0.25) is 10.0 Å². The van der Waals surface area contributed by atoms with Crippen LogP contribution in [0.1, 0.15) is 17.3 Å². The molecule has 2 rings (SSSR count). The summed E-state index contributed by atoms with van der Waals surface area (Å²) in [5, 5.41) is 0.411. The molecule has 0 radical (unpaired) electrons. The van der Waals surface area contributed by atoms with Gasteiger partial charge in [-0.2, -0.15) is 0 Å². The Bertz CT molecular complexity index is 856. The van der Waals surface area contributed by atoms with E-state index in [4.69, 9.17) is 45.9 Å². The van der Waals surface area contributed by atoms with Crippen LogP contribution in [0.3, 0.4) is 0 Å². The van der Waals surface area contributed by atoms with E-state index in [0.29, 0.717) is 20.2 Å². The quantitative estimate of drug-likeness (QED) is 0.411. The number of nitrogens with zero attached hydrogens (tertiary/aromatic N) is 1. The van der Waals surface area contributed by atoms with Crippen molar-refractivity contribution >= 4 is 74.0 Å². The SMILES string of the molecule is CC(=O)Oc1ccc(Br)cc1C(=O)N(C(N)=S)c1cc(Cl)cc(Cl)c1. The Morgan fingerprint density at radius 2 is 1.76 bits per heavy atom. The van der Waals surface area contributed by atoms with Gasteiger partial charge in [0.2, 0.25) is 0 Å². The molecule has 5 nitrogen and oxygen atoms in total. The fourth-order valence-electron chi connectivity index (χ4n) is 2.05. The average Bonchev–Trinajstić information content (AvgIpc) is 2.47. The summed E-state index contributed by atoms with van der Waals surface area (Å²) in [5.74, 6) is -1.08. The lowest BCUT2D eigenvalue weighted by molar-refractivity contribution is -0.131. The standard InChI is InChI=1S/C16H11BrCl2N2O3S/c1-8(22)24-14-3-2-9(17)4-13(14)15(23)21(16(20)25)12-6-10(18)5-11(19)7-12/h2-7H,1H3,(H2,20,25). The highest BCUT2D eigenvalue weighted by Crippen LogP contribution is 2.30. The van der Waals surface area contributed by atoms with E-state index >= 15 is 0 Å². The smallest absolute Gasteiger partial charge is 0.308 e. The molecule has 0 unspecified atom stereocenters. The van der Waals surface area contributed by atoms with Gasteiger partial charge in [-0.3, -0.25) is 14.5 Å². The molecule has 2 N–H and O–H groups in total. The van der Waals surface area contributed by atoms with Gasteiger partial charge in [0.1, 0.15) is 5.75 Å². The number of benzene rings is 2. The first kappa shape index (κ1) is 19.7. The molecule has 0 aliphatic heterocycles. The second-order valence-corrected chi connectivity index (χ2v) is 7.05. The number of nitrogens with two attached hydrogens (primary N) is 1. The third-order valence-corrected chi connectivity index (χ3v) is 4.07. The number of rotatable bonds is 3. The molecule has 0 aliphatic carbocycles. The summed E-state index contributed by atoms with van der Waals surface area (Å²) >= 11 is 20.3. The Morgan fingerprint density at radius 3 is 2.28 bits per heavy atom. The number of amides is 1. The van der Waals surface area contributed by atoms with Crippen molar-refractivity contribution in [1.82, 2.24) is 0 Å². The van der Waals surface area contributed by atoms with E-state index < -0.39 is 11.9 Å². The van der Waals surface area contributed by atoms with Crippen molar-refractivity contribution in [2.24, 2.45) is 5.73 Å². The van der Waals surface area contributed by atoms with Gasteiger partial charge in [-0.1, -0.05) is 39.1 Å². The van der Waals surface area contributed by atoms with Gasteiger partial charge in [0, 0.05) is 21.4 Å². The number of hydrogen-bond donors (Lipinski definition) is 1. The van der Waals surface area contributed by atoms with Gasteiger partial charge in [-0.15, -0.1) is 0 Å². The molecule has 2 aromatic rings. The first-order chi connectivity index (χ1) is 11.7. The van der Waals surface area contributed by atoms with Gasteiger partial charge in [0.05, 0.1) is 11.3 Å². The van der Waals surface area contributed by atoms with Gasteiger partial charge >= 0.3 is 5.97 Å². The first-order valence-electron chi connectivity index (χ1n) is 6.77. The summed E-state index contributed by atoms with van der Waals surface area (Å²) < 4.78 is 5.70. The topological polar surface area (TPSA) is 72.6 Å². The van der Waals surface area contributed by atoms with Gasteiger partial charge in [-0.05, 0) is 48.6 Å². The first-order valence-corrected chi connectivity index (χ1v) is 8.72. The molecule has 2 aromatic carbocycles. The number of carbonyl (C=O) groups is 2. The molecule has 0 saturated carbocycles. The molecule has 0 atom stereocenters. The van der Waals surface area contributed by atoms with Crippen molar-refractivity contribution < 1.29 is 14.3 Å². The minimum Gasteiger partial charge on any atom is -0.426 e. The summed E-state index contributed by atoms with van der Waals surface area (Å²) in [4.78, 5) is 25.4. The fraction of sp³-hybridized carbons (Fsp3) is 0.0625. The summed E-state index contributed by atoms with van der Waals surface area (Å²) in [6, 6.07) is 9.12. The normalized spacial score (nSPS) is 10.2. The molecule has 1 amide bonds. The Kier molecular flexibility index (Phi) is 6.40. The van der Waals surface area contributed by atoms with Crippen LogP contribution in [-0.4, -0.2) is 17.0 Å². The Labute approximate surface area is 167 Å². The number of anilines is 1.